The maximum atomic E-state index is 13.0. The summed E-state index contributed by atoms with van der Waals surface area (Å²) < 4.78 is 11.2. The Hall–Kier alpha value is -3.12. The summed E-state index contributed by atoms with van der Waals surface area (Å²) in [6, 6.07) is 15.5. The first-order valence-electron chi connectivity index (χ1n) is 10.3. The van der Waals surface area contributed by atoms with Crippen molar-refractivity contribution in [2.75, 3.05) is 19.8 Å². The van der Waals surface area contributed by atoms with Crippen molar-refractivity contribution < 1.29 is 24.2 Å². The highest BCUT2D eigenvalue weighted by Gasteiger charge is 2.47. The maximum absolute atomic E-state index is 13.0. The average molecular weight is 407 g/mol. The van der Waals surface area contributed by atoms with E-state index in [1.54, 1.807) is 24.3 Å². The van der Waals surface area contributed by atoms with Gasteiger partial charge in [-0.3, -0.25) is 9.59 Å². The fourth-order valence-electron chi connectivity index (χ4n) is 4.09. The molecule has 6 heteroatoms. The van der Waals surface area contributed by atoms with Crippen LogP contribution in [0.15, 0.2) is 60.2 Å². The van der Waals surface area contributed by atoms with Crippen LogP contribution in [0, 0.1) is 0 Å². The van der Waals surface area contributed by atoms with Crippen LogP contribution in [0.1, 0.15) is 36.9 Å². The summed E-state index contributed by atoms with van der Waals surface area (Å²) in [5.41, 5.74) is 1.35. The number of ketones is 1. The van der Waals surface area contributed by atoms with Crippen molar-refractivity contribution in [3.63, 3.8) is 0 Å². The zero-order valence-electron chi connectivity index (χ0n) is 16.9. The van der Waals surface area contributed by atoms with Crippen molar-refractivity contribution in [2.24, 2.45) is 0 Å². The van der Waals surface area contributed by atoms with Crippen LogP contribution < -0.4 is 4.74 Å². The molecule has 2 fully saturated rings. The summed E-state index contributed by atoms with van der Waals surface area (Å²) in [7, 11) is 0. The number of aliphatic hydroxyl groups excluding tert-OH is 1. The van der Waals surface area contributed by atoms with E-state index in [0.717, 1.165) is 18.4 Å². The van der Waals surface area contributed by atoms with Gasteiger partial charge in [0.05, 0.1) is 24.3 Å². The number of ether oxygens (including phenoxy) is 2. The number of hydrogen-bond donors (Lipinski definition) is 1. The number of carbonyl (C=O) groups is 2. The van der Waals surface area contributed by atoms with E-state index in [1.807, 2.05) is 37.3 Å². The number of carbonyl (C=O) groups excluding carboxylic acids is 2. The minimum Gasteiger partial charge on any atom is -0.507 e. The summed E-state index contributed by atoms with van der Waals surface area (Å²) in [6.07, 6.45) is 1.68. The van der Waals surface area contributed by atoms with Gasteiger partial charge in [0.15, 0.2) is 0 Å². The lowest BCUT2D eigenvalue weighted by molar-refractivity contribution is -0.140. The Bertz CT molecular complexity index is 945. The lowest BCUT2D eigenvalue weighted by Gasteiger charge is -2.27. The first-order valence-corrected chi connectivity index (χ1v) is 10.3. The van der Waals surface area contributed by atoms with Gasteiger partial charge in [-0.2, -0.15) is 0 Å². The van der Waals surface area contributed by atoms with Gasteiger partial charge in [-0.25, -0.2) is 0 Å². The number of likely N-dealkylation sites (tertiary alicyclic amines) is 1. The van der Waals surface area contributed by atoms with Gasteiger partial charge in [-0.1, -0.05) is 42.5 Å². The van der Waals surface area contributed by atoms with Crippen molar-refractivity contribution >= 4 is 17.4 Å². The normalized spacial score (nSPS) is 23.2. The van der Waals surface area contributed by atoms with Gasteiger partial charge in [0.25, 0.3) is 11.7 Å². The molecule has 6 nitrogen and oxygen atoms in total. The van der Waals surface area contributed by atoms with E-state index < -0.39 is 17.7 Å². The Morgan fingerprint density at radius 2 is 1.87 bits per heavy atom. The Kier molecular flexibility index (Phi) is 5.86. The van der Waals surface area contributed by atoms with Crippen molar-refractivity contribution in [2.45, 2.75) is 31.9 Å². The number of rotatable bonds is 6. The van der Waals surface area contributed by atoms with Crippen LogP contribution in [0.2, 0.25) is 0 Å². The highest BCUT2D eigenvalue weighted by molar-refractivity contribution is 6.46. The van der Waals surface area contributed by atoms with Crippen LogP contribution in [0.4, 0.5) is 0 Å². The largest absolute Gasteiger partial charge is 0.507 e. The van der Waals surface area contributed by atoms with Crippen LogP contribution >= 0.6 is 0 Å². The van der Waals surface area contributed by atoms with Crippen molar-refractivity contribution in [3.8, 4) is 5.75 Å². The topological polar surface area (TPSA) is 76.1 Å². The molecule has 30 heavy (non-hydrogen) atoms. The van der Waals surface area contributed by atoms with Gasteiger partial charge >= 0.3 is 0 Å². The molecule has 2 aliphatic heterocycles. The van der Waals surface area contributed by atoms with Gasteiger partial charge in [0, 0.05) is 18.7 Å². The van der Waals surface area contributed by atoms with Crippen LogP contribution in [0.5, 0.6) is 5.75 Å². The number of Topliss-reactive ketones (excluding diaryl/α,β-unsaturated/α-hetero) is 1. The Labute approximate surface area is 175 Å². The fraction of sp³-hybridized carbons (Fsp3) is 0.333. The molecule has 2 aliphatic rings. The molecular formula is C24H25NO5. The minimum absolute atomic E-state index is 0.105. The maximum Gasteiger partial charge on any atom is 0.295 e. The molecule has 2 saturated heterocycles. The van der Waals surface area contributed by atoms with Crippen LogP contribution in [-0.2, 0) is 14.3 Å². The number of amides is 1. The molecule has 2 heterocycles. The molecular weight excluding hydrogens is 382 g/mol. The molecule has 0 spiro atoms. The van der Waals surface area contributed by atoms with Gasteiger partial charge in [-0.15, -0.1) is 0 Å². The number of benzene rings is 2. The molecule has 1 amide bonds. The fourth-order valence-corrected chi connectivity index (χ4v) is 4.09. The predicted molar refractivity (Wildman–Crippen MR) is 112 cm³/mol. The summed E-state index contributed by atoms with van der Waals surface area (Å²) in [5.74, 6) is -0.738. The Morgan fingerprint density at radius 1 is 1.13 bits per heavy atom. The van der Waals surface area contributed by atoms with E-state index in [1.165, 1.54) is 4.90 Å². The molecule has 0 radical (unpaired) electrons. The molecule has 0 bridgehead atoms. The first kappa shape index (κ1) is 20.2. The van der Waals surface area contributed by atoms with Gasteiger partial charge in [0.1, 0.15) is 11.5 Å². The summed E-state index contributed by atoms with van der Waals surface area (Å²) >= 11 is 0. The van der Waals surface area contributed by atoms with Crippen LogP contribution in [-0.4, -0.2) is 47.6 Å². The lowest BCUT2D eigenvalue weighted by Crippen LogP contribution is -2.36. The summed E-state index contributed by atoms with van der Waals surface area (Å²) in [5, 5.41) is 11.0. The van der Waals surface area contributed by atoms with Gasteiger partial charge < -0.3 is 19.5 Å². The molecule has 2 aromatic rings. The van der Waals surface area contributed by atoms with E-state index in [2.05, 4.69) is 0 Å². The quantitative estimate of drug-likeness (QED) is 0.449. The molecule has 2 atom stereocenters. The van der Waals surface area contributed by atoms with Crippen molar-refractivity contribution in [1.29, 1.82) is 0 Å². The van der Waals surface area contributed by atoms with Crippen molar-refractivity contribution in [3.05, 3.63) is 71.3 Å². The molecule has 0 saturated carbocycles. The lowest BCUT2D eigenvalue weighted by atomic mass is 9.95. The summed E-state index contributed by atoms with van der Waals surface area (Å²) in [6.45, 7) is 3.43. The van der Waals surface area contributed by atoms with Gasteiger partial charge in [0.2, 0.25) is 0 Å². The van der Waals surface area contributed by atoms with E-state index in [4.69, 9.17) is 9.47 Å². The third kappa shape index (κ3) is 3.83. The summed E-state index contributed by atoms with van der Waals surface area (Å²) in [4.78, 5) is 27.5. The predicted octanol–water partition coefficient (Wildman–Crippen LogP) is 3.69. The van der Waals surface area contributed by atoms with Gasteiger partial charge in [-0.05, 0) is 37.5 Å². The van der Waals surface area contributed by atoms with E-state index in [9.17, 15) is 14.7 Å². The highest BCUT2D eigenvalue weighted by Crippen LogP contribution is 2.40. The SMILES string of the molecule is CCOc1ccc(C2/C(=C(\O)c3ccccc3)C(=O)C(=O)N2CC2CCCO2)cc1. The van der Waals surface area contributed by atoms with Crippen LogP contribution in [0.3, 0.4) is 0 Å². The monoisotopic (exact) mass is 407 g/mol. The Morgan fingerprint density at radius 3 is 2.50 bits per heavy atom. The molecule has 2 unspecified atom stereocenters. The van der Waals surface area contributed by atoms with Crippen molar-refractivity contribution in [1.82, 2.24) is 4.90 Å². The first-order chi connectivity index (χ1) is 14.6. The number of hydrogen-bond acceptors (Lipinski definition) is 5. The molecule has 0 aromatic heterocycles. The zero-order valence-corrected chi connectivity index (χ0v) is 16.9. The molecule has 2 aromatic carbocycles. The average Bonchev–Trinajstić information content (AvgIpc) is 3.37. The molecule has 1 N–H and O–H groups in total. The standard InChI is InChI=1S/C24H25NO5/c1-2-29-18-12-10-16(11-13-18)21-20(22(26)17-7-4-3-5-8-17)23(27)24(28)25(21)15-19-9-6-14-30-19/h3-5,7-8,10-13,19,21,26H,2,6,9,14-15H2,1H3/b22-20+. The third-order valence-corrected chi connectivity index (χ3v) is 5.52. The third-order valence-electron chi connectivity index (χ3n) is 5.52. The van der Waals surface area contributed by atoms with Crippen LogP contribution in [0.25, 0.3) is 5.76 Å². The molecule has 4 rings (SSSR count). The number of aliphatic hydroxyl groups is 1. The van der Waals surface area contributed by atoms with E-state index in [-0.39, 0.29) is 17.4 Å². The second kappa shape index (κ2) is 8.71. The smallest absolute Gasteiger partial charge is 0.295 e. The second-order valence-corrected chi connectivity index (χ2v) is 7.45. The highest BCUT2D eigenvalue weighted by atomic mass is 16.5. The van der Waals surface area contributed by atoms with E-state index in [0.29, 0.717) is 31.1 Å². The van der Waals surface area contributed by atoms with E-state index >= 15 is 0 Å². The second-order valence-electron chi connectivity index (χ2n) is 7.45. The minimum atomic E-state index is -0.676. The molecule has 0 aliphatic carbocycles. The Balaban J connectivity index is 1.78. The zero-order chi connectivity index (χ0) is 21.1. The number of nitrogens with zero attached hydrogens (tertiary/aromatic N) is 1. The molecule has 156 valence electrons.